The molecule has 0 saturated heterocycles. The number of nitrogens with one attached hydrogen (secondary N) is 1. The minimum atomic E-state index is 0.454. The van der Waals surface area contributed by atoms with Gasteiger partial charge in [0.25, 0.3) is 0 Å². The van der Waals surface area contributed by atoms with E-state index in [2.05, 4.69) is 22.2 Å². The number of ether oxygens (including phenoxy) is 1. The molecule has 1 aromatic heterocycles. The fourth-order valence-corrected chi connectivity index (χ4v) is 2.10. The Balaban J connectivity index is 2.40. The summed E-state index contributed by atoms with van der Waals surface area (Å²) in [4.78, 5) is 9.10. The van der Waals surface area contributed by atoms with Gasteiger partial charge in [0.1, 0.15) is 5.82 Å². The Labute approximate surface area is 130 Å². The van der Waals surface area contributed by atoms with Crippen LogP contribution in [0.2, 0.25) is 5.02 Å². The second-order valence-corrected chi connectivity index (χ2v) is 5.30. The van der Waals surface area contributed by atoms with Crippen molar-refractivity contribution in [3.05, 3.63) is 40.5 Å². The maximum Gasteiger partial charge on any atom is 0.161 e. The zero-order valence-electron chi connectivity index (χ0n) is 12.6. The lowest BCUT2D eigenvalue weighted by molar-refractivity contribution is 0.181. The van der Waals surface area contributed by atoms with Crippen LogP contribution < -0.4 is 5.32 Å². The quantitative estimate of drug-likeness (QED) is 0.874. The van der Waals surface area contributed by atoms with E-state index in [0.29, 0.717) is 12.4 Å². The Kier molecular flexibility index (Phi) is 5.53. The number of aryl methyl sites for hydroxylation is 1. The predicted octanol–water partition coefficient (Wildman–Crippen LogP) is 4.07. The number of methoxy groups -OCH3 is 1. The zero-order valence-corrected chi connectivity index (χ0v) is 13.4. The highest BCUT2D eigenvalue weighted by Gasteiger charge is 2.08. The smallest absolute Gasteiger partial charge is 0.161 e. The number of benzene rings is 1. The molecule has 112 valence electrons. The first-order chi connectivity index (χ1) is 10.1. The van der Waals surface area contributed by atoms with Gasteiger partial charge in [-0.1, -0.05) is 30.7 Å². The molecule has 2 rings (SSSR count). The second kappa shape index (κ2) is 7.38. The Morgan fingerprint density at radius 1 is 1.24 bits per heavy atom. The summed E-state index contributed by atoms with van der Waals surface area (Å²) in [7, 11) is 1.66. The van der Waals surface area contributed by atoms with Crippen molar-refractivity contribution in [1.29, 1.82) is 0 Å². The van der Waals surface area contributed by atoms with Gasteiger partial charge in [-0.3, -0.25) is 0 Å². The first-order valence-corrected chi connectivity index (χ1v) is 7.39. The molecule has 2 aromatic rings. The van der Waals surface area contributed by atoms with E-state index >= 15 is 0 Å². The molecule has 0 amide bonds. The van der Waals surface area contributed by atoms with E-state index in [1.807, 2.05) is 31.2 Å². The van der Waals surface area contributed by atoms with E-state index in [4.69, 9.17) is 16.3 Å². The van der Waals surface area contributed by atoms with E-state index in [0.717, 1.165) is 40.6 Å². The first kappa shape index (κ1) is 15.7. The average molecular weight is 306 g/mol. The lowest BCUT2D eigenvalue weighted by Gasteiger charge is -2.10. The molecule has 0 aliphatic heterocycles. The standard InChI is InChI=1S/C16H20ClN3O/c1-4-7-18-15-9-13(10-21-3)19-16(20-15)12-6-5-11(2)14(17)8-12/h5-6,8-9H,4,7,10H2,1-3H3,(H,18,19,20). The minimum Gasteiger partial charge on any atom is -0.378 e. The topological polar surface area (TPSA) is 47.0 Å². The zero-order chi connectivity index (χ0) is 15.2. The molecule has 0 atom stereocenters. The van der Waals surface area contributed by atoms with Gasteiger partial charge in [0.15, 0.2) is 5.82 Å². The largest absolute Gasteiger partial charge is 0.378 e. The van der Waals surface area contributed by atoms with Crippen LogP contribution >= 0.6 is 11.6 Å². The van der Waals surface area contributed by atoms with Crippen LogP contribution in [0.4, 0.5) is 5.82 Å². The first-order valence-electron chi connectivity index (χ1n) is 7.01. The highest BCUT2D eigenvalue weighted by molar-refractivity contribution is 6.31. The summed E-state index contributed by atoms with van der Waals surface area (Å²) in [6.07, 6.45) is 1.04. The number of aromatic nitrogens is 2. The Hall–Kier alpha value is -1.65. The van der Waals surface area contributed by atoms with Crippen LogP contribution in [0.15, 0.2) is 24.3 Å². The monoisotopic (exact) mass is 305 g/mol. The highest BCUT2D eigenvalue weighted by Crippen LogP contribution is 2.24. The van der Waals surface area contributed by atoms with Crippen LogP contribution in [0.25, 0.3) is 11.4 Å². The average Bonchev–Trinajstić information content (AvgIpc) is 2.48. The Morgan fingerprint density at radius 2 is 2.05 bits per heavy atom. The third-order valence-corrected chi connectivity index (χ3v) is 3.46. The molecule has 0 bridgehead atoms. The molecule has 5 heteroatoms. The van der Waals surface area contributed by atoms with Gasteiger partial charge < -0.3 is 10.1 Å². The lowest BCUT2D eigenvalue weighted by Crippen LogP contribution is -2.06. The molecule has 1 N–H and O–H groups in total. The van der Waals surface area contributed by atoms with E-state index in [-0.39, 0.29) is 0 Å². The van der Waals surface area contributed by atoms with Crippen molar-refractivity contribution in [2.24, 2.45) is 0 Å². The van der Waals surface area contributed by atoms with E-state index < -0.39 is 0 Å². The third kappa shape index (κ3) is 4.16. The summed E-state index contributed by atoms with van der Waals surface area (Å²) in [5, 5.41) is 4.01. The molecule has 0 aliphatic carbocycles. The van der Waals surface area contributed by atoms with E-state index in [1.165, 1.54) is 0 Å². The summed E-state index contributed by atoms with van der Waals surface area (Å²) < 4.78 is 5.18. The Bertz CT molecular complexity index is 616. The van der Waals surface area contributed by atoms with Crippen LogP contribution in [-0.4, -0.2) is 23.6 Å². The van der Waals surface area contributed by atoms with Crippen LogP contribution in [0.1, 0.15) is 24.6 Å². The molecule has 0 unspecified atom stereocenters. The number of anilines is 1. The van der Waals surface area contributed by atoms with Crippen LogP contribution in [-0.2, 0) is 11.3 Å². The van der Waals surface area contributed by atoms with Gasteiger partial charge in [-0.25, -0.2) is 9.97 Å². The molecule has 1 heterocycles. The second-order valence-electron chi connectivity index (χ2n) is 4.89. The van der Waals surface area contributed by atoms with Gasteiger partial charge >= 0.3 is 0 Å². The van der Waals surface area contributed by atoms with Gasteiger partial charge in [-0.15, -0.1) is 0 Å². The van der Waals surface area contributed by atoms with Crippen LogP contribution in [0.3, 0.4) is 0 Å². The summed E-state index contributed by atoms with van der Waals surface area (Å²) in [5.74, 6) is 1.47. The predicted molar refractivity (Wildman–Crippen MR) is 86.7 cm³/mol. The number of rotatable bonds is 6. The van der Waals surface area contributed by atoms with Crippen LogP contribution in [0, 0.1) is 6.92 Å². The molecule has 4 nitrogen and oxygen atoms in total. The number of hydrogen-bond acceptors (Lipinski definition) is 4. The summed E-state index contributed by atoms with van der Waals surface area (Å²) in [6.45, 7) is 5.42. The molecule has 0 fully saturated rings. The molecule has 1 aromatic carbocycles. The molecular weight excluding hydrogens is 286 g/mol. The van der Waals surface area contributed by atoms with Gasteiger partial charge in [0, 0.05) is 30.3 Å². The van der Waals surface area contributed by atoms with Crippen molar-refractivity contribution in [2.75, 3.05) is 19.0 Å². The lowest BCUT2D eigenvalue weighted by atomic mass is 10.1. The van der Waals surface area contributed by atoms with Crippen molar-refractivity contribution in [3.8, 4) is 11.4 Å². The Morgan fingerprint density at radius 3 is 2.71 bits per heavy atom. The molecule has 21 heavy (non-hydrogen) atoms. The van der Waals surface area contributed by atoms with Crippen molar-refractivity contribution in [2.45, 2.75) is 26.9 Å². The SMILES string of the molecule is CCCNc1cc(COC)nc(-c2ccc(C)c(Cl)c2)n1. The molecule has 0 saturated carbocycles. The van der Waals surface area contributed by atoms with Crippen molar-refractivity contribution in [3.63, 3.8) is 0 Å². The highest BCUT2D eigenvalue weighted by atomic mass is 35.5. The maximum atomic E-state index is 6.19. The molecule has 0 spiro atoms. The van der Waals surface area contributed by atoms with Gasteiger partial charge in [0.05, 0.1) is 12.3 Å². The molecular formula is C16H20ClN3O. The summed E-state index contributed by atoms with van der Waals surface area (Å²) >= 11 is 6.19. The van der Waals surface area contributed by atoms with E-state index in [9.17, 15) is 0 Å². The number of halogens is 1. The van der Waals surface area contributed by atoms with Crippen molar-refractivity contribution < 1.29 is 4.74 Å². The minimum absolute atomic E-state index is 0.454. The molecule has 0 aliphatic rings. The fourth-order valence-electron chi connectivity index (χ4n) is 1.92. The van der Waals surface area contributed by atoms with Crippen LogP contribution in [0.5, 0.6) is 0 Å². The number of nitrogens with zero attached hydrogens (tertiary/aromatic N) is 2. The number of hydrogen-bond donors (Lipinski definition) is 1. The van der Waals surface area contributed by atoms with E-state index in [1.54, 1.807) is 7.11 Å². The maximum absolute atomic E-state index is 6.19. The summed E-state index contributed by atoms with van der Waals surface area (Å²) in [6, 6.07) is 7.77. The van der Waals surface area contributed by atoms with Crippen molar-refractivity contribution in [1.82, 2.24) is 9.97 Å². The van der Waals surface area contributed by atoms with Gasteiger partial charge in [0.2, 0.25) is 0 Å². The fraction of sp³-hybridized carbons (Fsp3) is 0.375. The normalized spacial score (nSPS) is 10.7. The summed E-state index contributed by atoms with van der Waals surface area (Å²) in [5.41, 5.74) is 2.79. The van der Waals surface area contributed by atoms with Gasteiger partial charge in [-0.2, -0.15) is 0 Å². The third-order valence-electron chi connectivity index (χ3n) is 3.06. The van der Waals surface area contributed by atoms with Gasteiger partial charge in [-0.05, 0) is 25.0 Å². The van der Waals surface area contributed by atoms with Crippen molar-refractivity contribution >= 4 is 17.4 Å². The molecule has 0 radical (unpaired) electrons.